The monoisotopic (exact) mass is 774 g/mol. The van der Waals surface area contributed by atoms with Crippen molar-refractivity contribution in [2.24, 2.45) is 11.7 Å². The number of ketones is 1. The van der Waals surface area contributed by atoms with Crippen LogP contribution in [0.4, 0.5) is 5.69 Å². The number of nitrogens with two attached hydrogens (primary N) is 1. The number of hydrogen-bond donors (Lipinski definition) is 3. The van der Waals surface area contributed by atoms with Gasteiger partial charge in [-0.3, -0.25) is 9.59 Å². The molecule has 0 fully saturated rings. The van der Waals surface area contributed by atoms with E-state index in [-0.39, 0.29) is 12.2 Å². The molecule has 0 bridgehead atoms. The van der Waals surface area contributed by atoms with Crippen LogP contribution < -0.4 is 20.5 Å². The summed E-state index contributed by atoms with van der Waals surface area (Å²) in [6.45, 7) is 2.60. The smallest absolute Gasteiger partial charge is 0.235 e. The Hall–Kier alpha value is -1.92. The second-order valence-electron chi connectivity index (χ2n) is 8.42. The second kappa shape index (κ2) is 13.9. The normalized spacial score (nSPS) is 12.5. The highest BCUT2D eigenvalue weighted by atomic mass is 79.9. The number of phenols is 1. The molecule has 0 aliphatic heterocycles. The average Bonchev–Trinajstić information content (AvgIpc) is 2.88. The van der Waals surface area contributed by atoms with Crippen LogP contribution in [0.3, 0.4) is 0 Å². The predicted molar refractivity (Wildman–Crippen MR) is 162 cm³/mol. The standard InChI is InChI=1S/C27H26Br4N2O5/c1-3-8-38-17-6-4-15(5-7-17)23(32)24(34)18(9-14-10-21(30)26(37-2)22(31)11-14)27(36)33-16-12-19(28)25(35)20(29)13-16/h4-7,10-13,18,23,35H,3,8-9,32H2,1-2H3,(H,33,36). The van der Waals surface area contributed by atoms with Gasteiger partial charge >= 0.3 is 0 Å². The summed E-state index contributed by atoms with van der Waals surface area (Å²) in [6, 6.07) is 12.7. The summed E-state index contributed by atoms with van der Waals surface area (Å²) in [5.41, 5.74) is 8.08. The fourth-order valence-corrected chi connectivity index (χ4v) is 6.51. The molecule has 3 rings (SSSR count). The quantitative estimate of drug-likeness (QED) is 0.139. The third-order valence-electron chi connectivity index (χ3n) is 5.66. The van der Waals surface area contributed by atoms with Gasteiger partial charge in [0.2, 0.25) is 5.91 Å². The van der Waals surface area contributed by atoms with E-state index in [1.54, 1.807) is 55.6 Å². The molecule has 1 amide bonds. The largest absolute Gasteiger partial charge is 0.506 e. The van der Waals surface area contributed by atoms with E-state index in [1.807, 2.05) is 6.92 Å². The summed E-state index contributed by atoms with van der Waals surface area (Å²) < 4.78 is 13.1. The fourth-order valence-electron chi connectivity index (χ4n) is 3.72. The summed E-state index contributed by atoms with van der Waals surface area (Å²) >= 11 is 13.5. The minimum absolute atomic E-state index is 0.00283. The number of methoxy groups -OCH3 is 1. The lowest BCUT2D eigenvalue weighted by molar-refractivity contribution is -0.132. The highest BCUT2D eigenvalue weighted by molar-refractivity contribution is 9.11. The van der Waals surface area contributed by atoms with Crippen molar-refractivity contribution >= 4 is 81.1 Å². The number of nitrogens with one attached hydrogen (secondary N) is 1. The SMILES string of the molecule is CCCOc1ccc(C(N)C(=O)C(Cc2cc(Br)c(OC)c(Br)c2)C(=O)Nc2cc(Br)c(O)c(Br)c2)cc1. The topological polar surface area (TPSA) is 111 Å². The minimum atomic E-state index is -1.11. The molecule has 3 aromatic carbocycles. The van der Waals surface area contributed by atoms with Crippen molar-refractivity contribution in [3.8, 4) is 17.2 Å². The van der Waals surface area contributed by atoms with Crippen molar-refractivity contribution in [2.75, 3.05) is 19.0 Å². The Morgan fingerprint density at radius 2 is 1.55 bits per heavy atom. The summed E-state index contributed by atoms with van der Waals surface area (Å²) in [4.78, 5) is 27.2. The number of Topliss-reactive ketones (excluding diaryl/α,β-unsaturated/α-hetero) is 1. The zero-order valence-electron chi connectivity index (χ0n) is 20.6. The van der Waals surface area contributed by atoms with Crippen molar-refractivity contribution < 1.29 is 24.2 Å². The van der Waals surface area contributed by atoms with Crippen molar-refractivity contribution in [1.82, 2.24) is 0 Å². The van der Waals surface area contributed by atoms with Gasteiger partial charge in [-0.1, -0.05) is 19.1 Å². The molecule has 0 radical (unpaired) electrons. The lowest BCUT2D eigenvalue weighted by Gasteiger charge is -2.21. The Kier molecular flexibility index (Phi) is 11.2. The van der Waals surface area contributed by atoms with E-state index in [2.05, 4.69) is 69.0 Å². The molecule has 202 valence electrons. The number of rotatable bonds is 11. The van der Waals surface area contributed by atoms with Gasteiger partial charge < -0.3 is 25.6 Å². The first-order valence-corrected chi connectivity index (χ1v) is 14.8. The van der Waals surface area contributed by atoms with Crippen LogP contribution in [0.2, 0.25) is 0 Å². The maximum absolute atomic E-state index is 13.7. The number of ether oxygens (including phenoxy) is 2. The number of carbonyl (C=O) groups is 2. The molecule has 0 spiro atoms. The number of anilines is 1. The Balaban J connectivity index is 1.93. The highest BCUT2D eigenvalue weighted by Gasteiger charge is 2.32. The Bertz CT molecular complexity index is 1270. The maximum Gasteiger partial charge on any atom is 0.235 e. The van der Waals surface area contributed by atoms with Crippen LogP contribution in [0.1, 0.15) is 30.5 Å². The highest BCUT2D eigenvalue weighted by Crippen LogP contribution is 2.37. The van der Waals surface area contributed by atoms with Gasteiger partial charge in [0, 0.05) is 5.69 Å². The van der Waals surface area contributed by atoms with Crippen LogP contribution in [0.15, 0.2) is 66.4 Å². The van der Waals surface area contributed by atoms with Crippen LogP contribution in [-0.2, 0) is 16.0 Å². The molecule has 38 heavy (non-hydrogen) atoms. The molecule has 11 heteroatoms. The number of benzene rings is 3. The molecule has 4 N–H and O–H groups in total. The summed E-state index contributed by atoms with van der Waals surface area (Å²) in [6.07, 6.45) is 0.972. The van der Waals surface area contributed by atoms with Gasteiger partial charge in [0.15, 0.2) is 5.78 Å². The van der Waals surface area contributed by atoms with Crippen LogP contribution >= 0.6 is 63.7 Å². The van der Waals surface area contributed by atoms with Crippen molar-refractivity contribution in [1.29, 1.82) is 0 Å². The van der Waals surface area contributed by atoms with E-state index in [0.29, 0.717) is 47.2 Å². The fraction of sp³-hybridized carbons (Fsp3) is 0.259. The van der Waals surface area contributed by atoms with Crippen LogP contribution in [0.5, 0.6) is 17.2 Å². The summed E-state index contributed by atoms with van der Waals surface area (Å²) in [7, 11) is 1.55. The molecule has 0 heterocycles. The molecule has 0 aliphatic carbocycles. The van der Waals surface area contributed by atoms with E-state index in [0.717, 1.165) is 12.0 Å². The zero-order valence-corrected chi connectivity index (χ0v) is 26.9. The lowest BCUT2D eigenvalue weighted by atomic mass is 9.88. The molecule has 3 aromatic rings. The van der Waals surface area contributed by atoms with E-state index < -0.39 is 23.7 Å². The molecular weight excluding hydrogens is 752 g/mol. The Morgan fingerprint density at radius 3 is 2.08 bits per heavy atom. The number of hydrogen-bond acceptors (Lipinski definition) is 6. The number of halogens is 4. The first kappa shape index (κ1) is 30.6. The van der Waals surface area contributed by atoms with E-state index in [1.165, 1.54) is 0 Å². The van der Waals surface area contributed by atoms with Crippen LogP contribution in [0, 0.1) is 5.92 Å². The Morgan fingerprint density at radius 1 is 0.974 bits per heavy atom. The van der Waals surface area contributed by atoms with E-state index in [9.17, 15) is 14.7 Å². The average molecular weight is 778 g/mol. The van der Waals surface area contributed by atoms with Gasteiger partial charge in [0.05, 0.1) is 37.6 Å². The summed E-state index contributed by atoms with van der Waals surface area (Å²) in [5.74, 6) is -0.801. The lowest BCUT2D eigenvalue weighted by Crippen LogP contribution is -2.37. The molecule has 2 atom stereocenters. The molecular formula is C27H26Br4N2O5. The Labute approximate surface area is 255 Å². The number of aromatic hydroxyl groups is 1. The number of carbonyl (C=O) groups excluding carboxylic acids is 2. The van der Waals surface area contributed by atoms with Gasteiger partial charge in [-0.2, -0.15) is 0 Å². The summed E-state index contributed by atoms with van der Waals surface area (Å²) in [5, 5.41) is 12.8. The van der Waals surface area contributed by atoms with E-state index >= 15 is 0 Å². The number of amides is 1. The molecule has 0 aliphatic rings. The first-order valence-electron chi connectivity index (χ1n) is 11.6. The third-order valence-corrected chi connectivity index (χ3v) is 8.05. The first-order chi connectivity index (χ1) is 18.0. The van der Waals surface area contributed by atoms with Crippen LogP contribution in [0.25, 0.3) is 0 Å². The van der Waals surface area contributed by atoms with Crippen molar-refractivity contribution in [3.63, 3.8) is 0 Å². The second-order valence-corrected chi connectivity index (χ2v) is 11.8. The van der Waals surface area contributed by atoms with Gasteiger partial charge in [0.1, 0.15) is 23.2 Å². The predicted octanol–water partition coefficient (Wildman–Crippen LogP) is 7.31. The third kappa shape index (κ3) is 7.59. The molecule has 0 saturated carbocycles. The molecule has 0 aromatic heterocycles. The van der Waals surface area contributed by atoms with Crippen molar-refractivity contribution in [3.05, 3.63) is 77.5 Å². The molecule has 2 unspecified atom stereocenters. The zero-order chi connectivity index (χ0) is 28.0. The van der Waals surface area contributed by atoms with Crippen LogP contribution in [-0.4, -0.2) is 30.5 Å². The molecule has 0 saturated heterocycles. The van der Waals surface area contributed by atoms with Crippen molar-refractivity contribution in [2.45, 2.75) is 25.8 Å². The van der Waals surface area contributed by atoms with E-state index in [4.69, 9.17) is 15.2 Å². The molecule has 7 nitrogen and oxygen atoms in total. The van der Waals surface area contributed by atoms with Gasteiger partial charge in [0.25, 0.3) is 0 Å². The van der Waals surface area contributed by atoms with Gasteiger partial charge in [-0.05, 0) is 124 Å². The van der Waals surface area contributed by atoms with Gasteiger partial charge in [-0.25, -0.2) is 0 Å². The number of phenolic OH excluding ortho intramolecular Hbond substituents is 1. The minimum Gasteiger partial charge on any atom is -0.506 e. The maximum atomic E-state index is 13.7. The van der Waals surface area contributed by atoms with Gasteiger partial charge in [-0.15, -0.1) is 0 Å².